The van der Waals surface area contributed by atoms with Crippen LogP contribution in [0, 0.1) is 39.9 Å². The van der Waals surface area contributed by atoms with Crippen LogP contribution >= 0.6 is 0 Å². The number of carbonyl (C=O) groups excluding carboxylic acids is 3. The first-order chi connectivity index (χ1) is 16.0. The van der Waals surface area contributed by atoms with Crippen molar-refractivity contribution in [1.82, 2.24) is 0 Å². The second-order valence-corrected chi connectivity index (χ2v) is 12.4. The summed E-state index contributed by atoms with van der Waals surface area (Å²) in [6, 6.07) is 0. The lowest BCUT2D eigenvalue weighted by molar-refractivity contribution is -0.243. The topological polar surface area (TPSA) is 91.4 Å². The maximum absolute atomic E-state index is 12.3. The highest BCUT2D eigenvalue weighted by Gasteiger charge is 2.71. The average molecular weight is 477 g/mol. The van der Waals surface area contributed by atoms with E-state index in [0.29, 0.717) is 30.3 Å². The predicted molar refractivity (Wildman–Crippen MR) is 122 cm³/mol. The Labute approximate surface area is 202 Å². The van der Waals surface area contributed by atoms with E-state index >= 15 is 0 Å². The van der Waals surface area contributed by atoms with Gasteiger partial charge in [0.05, 0.1) is 12.7 Å². The van der Waals surface area contributed by atoms with Gasteiger partial charge in [-0.2, -0.15) is 0 Å². The van der Waals surface area contributed by atoms with E-state index in [1.807, 2.05) is 0 Å². The molecule has 0 N–H and O–H groups in total. The van der Waals surface area contributed by atoms with E-state index < -0.39 is 5.41 Å². The molecule has 7 nitrogen and oxygen atoms in total. The first kappa shape index (κ1) is 24.1. The van der Waals surface area contributed by atoms with Crippen LogP contribution in [0.5, 0.6) is 0 Å². The highest BCUT2D eigenvalue weighted by Crippen LogP contribution is 2.73. The van der Waals surface area contributed by atoms with Crippen LogP contribution in [0.2, 0.25) is 0 Å². The van der Waals surface area contributed by atoms with Gasteiger partial charge in [-0.3, -0.25) is 14.4 Å². The molecule has 1 aliphatic heterocycles. The number of esters is 3. The van der Waals surface area contributed by atoms with Crippen molar-refractivity contribution in [2.75, 3.05) is 13.2 Å². The van der Waals surface area contributed by atoms with Crippen LogP contribution in [0.1, 0.15) is 79.6 Å². The SMILES string of the molecule is CC(=O)OC[C@]1(C)C2C[C@H](OC(C)=O)[C@@]34C[C@@H](CC[C@H]3[C@]2(C)CC[C@H]1OC(C)=O)[C@@H]([C@@H]1CO1)C4. The molecule has 0 aromatic carbocycles. The number of ether oxygens (including phenoxy) is 4. The van der Waals surface area contributed by atoms with Gasteiger partial charge in [-0.15, -0.1) is 0 Å². The molecule has 34 heavy (non-hydrogen) atoms. The van der Waals surface area contributed by atoms with E-state index in [9.17, 15) is 14.4 Å². The molecule has 5 rings (SSSR count). The smallest absolute Gasteiger partial charge is 0.302 e. The molecule has 190 valence electrons. The minimum atomic E-state index is -0.543. The van der Waals surface area contributed by atoms with Crippen molar-refractivity contribution in [3.05, 3.63) is 0 Å². The molecule has 10 atom stereocenters. The number of hydrogen-bond acceptors (Lipinski definition) is 7. The van der Waals surface area contributed by atoms with Crippen molar-refractivity contribution >= 4 is 17.9 Å². The minimum absolute atomic E-state index is 0.00747. The van der Waals surface area contributed by atoms with Crippen molar-refractivity contribution in [3.63, 3.8) is 0 Å². The lowest BCUT2D eigenvalue weighted by Crippen LogP contribution is -2.66. The van der Waals surface area contributed by atoms with E-state index in [1.165, 1.54) is 27.2 Å². The van der Waals surface area contributed by atoms with E-state index in [1.54, 1.807) is 0 Å². The minimum Gasteiger partial charge on any atom is -0.465 e. The molecule has 5 aliphatic rings. The van der Waals surface area contributed by atoms with Crippen LogP contribution in [-0.2, 0) is 33.3 Å². The van der Waals surface area contributed by atoms with Gasteiger partial charge < -0.3 is 18.9 Å². The summed E-state index contributed by atoms with van der Waals surface area (Å²) in [5, 5.41) is 0. The van der Waals surface area contributed by atoms with Crippen LogP contribution in [0.25, 0.3) is 0 Å². The quantitative estimate of drug-likeness (QED) is 0.336. The summed E-state index contributed by atoms with van der Waals surface area (Å²) in [6.45, 7) is 9.96. The van der Waals surface area contributed by atoms with Gasteiger partial charge in [-0.1, -0.05) is 13.8 Å². The maximum Gasteiger partial charge on any atom is 0.302 e. The van der Waals surface area contributed by atoms with Crippen LogP contribution in [0.4, 0.5) is 0 Å². The fourth-order valence-corrected chi connectivity index (χ4v) is 9.35. The predicted octanol–water partition coefficient (Wildman–Crippen LogP) is 4.06. The Morgan fingerprint density at radius 2 is 1.56 bits per heavy atom. The fourth-order valence-electron chi connectivity index (χ4n) is 9.35. The Morgan fingerprint density at radius 3 is 2.18 bits per heavy atom. The van der Waals surface area contributed by atoms with E-state index in [-0.39, 0.29) is 53.5 Å². The second kappa shape index (κ2) is 8.21. The third-order valence-corrected chi connectivity index (χ3v) is 10.6. The van der Waals surface area contributed by atoms with Crippen molar-refractivity contribution in [2.45, 2.75) is 97.9 Å². The highest BCUT2D eigenvalue weighted by atomic mass is 16.6. The Balaban J connectivity index is 1.55. The van der Waals surface area contributed by atoms with Gasteiger partial charge in [0.1, 0.15) is 18.8 Å². The van der Waals surface area contributed by atoms with Gasteiger partial charge in [0.15, 0.2) is 0 Å². The molecule has 0 radical (unpaired) electrons. The number of carbonyl (C=O) groups is 3. The first-order valence-corrected chi connectivity index (χ1v) is 13.1. The summed E-state index contributed by atoms with van der Waals surface area (Å²) in [6.07, 6.45) is 6.80. The van der Waals surface area contributed by atoms with Gasteiger partial charge in [0, 0.05) is 31.6 Å². The van der Waals surface area contributed by atoms with Crippen LogP contribution in [0.3, 0.4) is 0 Å². The fraction of sp³-hybridized carbons (Fsp3) is 0.889. The normalized spacial score (nSPS) is 48.8. The van der Waals surface area contributed by atoms with Crippen molar-refractivity contribution < 1.29 is 33.3 Å². The van der Waals surface area contributed by atoms with Crippen molar-refractivity contribution in [2.24, 2.45) is 39.9 Å². The maximum atomic E-state index is 12.3. The molecule has 4 saturated carbocycles. The van der Waals surface area contributed by atoms with E-state index in [2.05, 4.69) is 13.8 Å². The summed E-state index contributed by atoms with van der Waals surface area (Å²) in [4.78, 5) is 36.2. The van der Waals surface area contributed by atoms with Crippen LogP contribution in [-0.4, -0.2) is 49.4 Å². The molecular formula is C27H40O7. The summed E-state index contributed by atoms with van der Waals surface area (Å²) in [7, 11) is 0. The Kier molecular flexibility index (Phi) is 5.81. The molecule has 0 aromatic rings. The van der Waals surface area contributed by atoms with Crippen LogP contribution in [0.15, 0.2) is 0 Å². The number of epoxide rings is 1. The largest absolute Gasteiger partial charge is 0.465 e. The first-order valence-electron chi connectivity index (χ1n) is 13.1. The molecule has 2 bridgehead atoms. The van der Waals surface area contributed by atoms with E-state index in [0.717, 1.165) is 38.7 Å². The highest BCUT2D eigenvalue weighted by molar-refractivity contribution is 5.67. The summed E-state index contributed by atoms with van der Waals surface area (Å²) in [5.41, 5.74) is -0.571. The molecule has 0 amide bonds. The molecule has 1 saturated heterocycles. The molecule has 1 spiro atoms. The second-order valence-electron chi connectivity index (χ2n) is 12.4. The lowest BCUT2D eigenvalue weighted by atomic mass is 9.40. The van der Waals surface area contributed by atoms with Gasteiger partial charge in [-0.05, 0) is 74.0 Å². The molecule has 0 aromatic heterocycles. The molecule has 4 aliphatic carbocycles. The number of fused-ring (bicyclic) bond motifs is 3. The van der Waals surface area contributed by atoms with Crippen molar-refractivity contribution in [3.8, 4) is 0 Å². The Hall–Kier alpha value is -1.63. The number of hydrogen-bond donors (Lipinski definition) is 0. The molecular weight excluding hydrogens is 436 g/mol. The summed E-state index contributed by atoms with van der Waals surface area (Å²) in [5.74, 6) is 0.851. The molecule has 5 fully saturated rings. The Morgan fingerprint density at radius 1 is 0.882 bits per heavy atom. The summed E-state index contributed by atoms with van der Waals surface area (Å²) >= 11 is 0. The Bertz CT molecular complexity index is 867. The third-order valence-electron chi connectivity index (χ3n) is 10.6. The van der Waals surface area contributed by atoms with Gasteiger partial charge >= 0.3 is 17.9 Å². The number of rotatable bonds is 5. The van der Waals surface area contributed by atoms with E-state index in [4.69, 9.17) is 18.9 Å². The van der Waals surface area contributed by atoms with Gasteiger partial charge in [0.2, 0.25) is 0 Å². The zero-order valence-electron chi connectivity index (χ0n) is 21.3. The zero-order chi connectivity index (χ0) is 24.5. The molecule has 1 unspecified atom stereocenters. The van der Waals surface area contributed by atoms with Crippen LogP contribution < -0.4 is 0 Å². The third kappa shape index (κ3) is 3.68. The van der Waals surface area contributed by atoms with Crippen molar-refractivity contribution in [1.29, 1.82) is 0 Å². The average Bonchev–Trinajstić information content (AvgIpc) is 3.55. The van der Waals surface area contributed by atoms with Gasteiger partial charge in [0.25, 0.3) is 0 Å². The molecule has 1 heterocycles. The standard InChI is InChI=1S/C27H40O7/c1-15(28)32-14-26(5)22-10-24(34-17(3)30)27-11-18(19(12-27)20-13-31-20)6-7-21(27)25(22,4)9-8-23(26)33-16(2)29/h18-24H,6-14H2,1-5H3/t18-,19+,20+,21+,22?,23-,24+,25+,26-,27-/m1/s1. The lowest BCUT2D eigenvalue weighted by Gasteiger charge is -2.66. The summed E-state index contributed by atoms with van der Waals surface area (Å²) < 4.78 is 23.4. The molecule has 7 heteroatoms. The van der Waals surface area contributed by atoms with Gasteiger partial charge in [-0.25, -0.2) is 0 Å². The monoisotopic (exact) mass is 476 g/mol. The zero-order valence-corrected chi connectivity index (χ0v) is 21.3.